The highest BCUT2D eigenvalue weighted by molar-refractivity contribution is 5.85. The smallest absolute Gasteiger partial charge is 0.0749 e. The molecule has 1 aromatic rings. The van der Waals surface area contributed by atoms with Gasteiger partial charge in [0.25, 0.3) is 0 Å². The third-order valence-corrected chi connectivity index (χ3v) is 5.33. The highest BCUT2D eigenvalue weighted by Crippen LogP contribution is 2.41. The van der Waals surface area contributed by atoms with Crippen molar-refractivity contribution in [3.63, 3.8) is 0 Å². The molecule has 0 radical (unpaired) electrons. The van der Waals surface area contributed by atoms with E-state index >= 15 is 0 Å². The lowest BCUT2D eigenvalue weighted by atomic mass is 9.80. The molecule has 0 heterocycles. The Morgan fingerprint density at radius 1 is 1.24 bits per heavy atom. The zero-order valence-corrected chi connectivity index (χ0v) is 16.5. The number of halogens is 1. The van der Waals surface area contributed by atoms with Crippen LogP contribution in [-0.2, 0) is 6.42 Å². The molecule has 0 aromatic heterocycles. The Morgan fingerprint density at radius 2 is 2.00 bits per heavy atom. The van der Waals surface area contributed by atoms with Crippen LogP contribution in [0.1, 0.15) is 57.6 Å². The molecule has 0 amide bonds. The van der Waals surface area contributed by atoms with Crippen LogP contribution in [0.25, 0.3) is 5.57 Å². The second-order valence-electron chi connectivity index (χ2n) is 8.00. The van der Waals surface area contributed by atoms with Crippen LogP contribution in [0.5, 0.6) is 0 Å². The Labute approximate surface area is 158 Å². The van der Waals surface area contributed by atoms with Crippen LogP contribution in [0, 0.1) is 5.92 Å². The lowest BCUT2D eigenvalue weighted by Gasteiger charge is -2.31. The van der Waals surface area contributed by atoms with Gasteiger partial charge in [0, 0.05) is 12.6 Å². The first kappa shape index (κ1) is 20.2. The summed E-state index contributed by atoms with van der Waals surface area (Å²) in [6.45, 7) is 6.89. The molecule has 0 saturated carbocycles. The van der Waals surface area contributed by atoms with E-state index in [0.29, 0.717) is 18.5 Å². The Balaban J connectivity index is 0.00000225. The molecule has 0 aliphatic heterocycles. The van der Waals surface area contributed by atoms with Gasteiger partial charge in [-0.3, -0.25) is 0 Å². The van der Waals surface area contributed by atoms with Crippen molar-refractivity contribution in [1.29, 1.82) is 0 Å². The summed E-state index contributed by atoms with van der Waals surface area (Å²) < 4.78 is 0. The Kier molecular flexibility index (Phi) is 6.90. The quantitative estimate of drug-likeness (QED) is 0.780. The number of aryl methyl sites for hydroxylation is 1. The van der Waals surface area contributed by atoms with Gasteiger partial charge in [-0.05, 0) is 67.2 Å². The highest BCUT2D eigenvalue weighted by Gasteiger charge is 2.31. The molecular weight excluding hydrogens is 330 g/mol. The SMILES string of the molecule is CC(C)NCC(C)(O)CC1CCc2ccccc2C2=C1C=CCC2.Cl. The summed E-state index contributed by atoms with van der Waals surface area (Å²) in [4.78, 5) is 0. The fraction of sp³-hybridized carbons (Fsp3) is 0.545. The summed E-state index contributed by atoms with van der Waals surface area (Å²) >= 11 is 0. The van der Waals surface area contributed by atoms with Crippen molar-refractivity contribution >= 4 is 18.0 Å². The second-order valence-corrected chi connectivity index (χ2v) is 8.00. The maximum Gasteiger partial charge on any atom is 0.0749 e. The topological polar surface area (TPSA) is 32.3 Å². The first-order valence-corrected chi connectivity index (χ1v) is 9.40. The summed E-state index contributed by atoms with van der Waals surface area (Å²) in [5, 5.41) is 14.3. The molecule has 0 saturated heterocycles. The van der Waals surface area contributed by atoms with Crippen LogP contribution < -0.4 is 5.32 Å². The zero-order chi connectivity index (χ0) is 17.2. The van der Waals surface area contributed by atoms with Gasteiger partial charge in [-0.2, -0.15) is 0 Å². The largest absolute Gasteiger partial charge is 0.389 e. The lowest BCUT2D eigenvalue weighted by Crippen LogP contribution is -2.42. The van der Waals surface area contributed by atoms with E-state index in [2.05, 4.69) is 55.6 Å². The Hall–Kier alpha value is -1.09. The van der Waals surface area contributed by atoms with Gasteiger partial charge in [0.05, 0.1) is 5.60 Å². The van der Waals surface area contributed by atoms with Gasteiger partial charge in [-0.25, -0.2) is 0 Å². The minimum Gasteiger partial charge on any atom is -0.389 e. The number of fused-ring (bicyclic) bond motifs is 2. The van der Waals surface area contributed by atoms with E-state index in [9.17, 15) is 5.11 Å². The van der Waals surface area contributed by atoms with Crippen molar-refractivity contribution in [2.45, 2.75) is 64.5 Å². The van der Waals surface area contributed by atoms with Crippen molar-refractivity contribution in [3.05, 3.63) is 53.1 Å². The molecule has 2 nitrogen and oxygen atoms in total. The minimum absolute atomic E-state index is 0. The average Bonchev–Trinajstić information content (AvgIpc) is 2.71. The third kappa shape index (κ3) is 4.97. The number of benzene rings is 1. The second kappa shape index (κ2) is 8.53. The van der Waals surface area contributed by atoms with Crippen LogP contribution in [0.15, 0.2) is 42.0 Å². The van der Waals surface area contributed by atoms with Crippen LogP contribution >= 0.6 is 12.4 Å². The van der Waals surface area contributed by atoms with E-state index in [0.717, 1.165) is 32.1 Å². The third-order valence-electron chi connectivity index (χ3n) is 5.33. The van der Waals surface area contributed by atoms with Crippen LogP contribution in [-0.4, -0.2) is 23.3 Å². The van der Waals surface area contributed by atoms with Gasteiger partial charge < -0.3 is 10.4 Å². The molecule has 0 spiro atoms. The first-order valence-electron chi connectivity index (χ1n) is 9.40. The van der Waals surface area contributed by atoms with Crippen LogP contribution in [0.4, 0.5) is 0 Å². The van der Waals surface area contributed by atoms with E-state index in [1.54, 1.807) is 0 Å². The maximum atomic E-state index is 10.9. The predicted octanol–water partition coefficient (Wildman–Crippen LogP) is 4.91. The fourth-order valence-electron chi connectivity index (χ4n) is 4.11. The molecule has 2 unspecified atom stereocenters. The van der Waals surface area contributed by atoms with Crippen molar-refractivity contribution in [2.75, 3.05) is 6.54 Å². The maximum absolute atomic E-state index is 10.9. The number of nitrogens with one attached hydrogen (secondary N) is 1. The molecular formula is C22H32ClNO. The van der Waals surface area contributed by atoms with Crippen LogP contribution in [0.3, 0.4) is 0 Å². The van der Waals surface area contributed by atoms with Gasteiger partial charge in [0.15, 0.2) is 0 Å². The molecule has 138 valence electrons. The van der Waals surface area contributed by atoms with E-state index in [1.807, 2.05) is 6.92 Å². The average molecular weight is 362 g/mol. The number of allylic oxidation sites excluding steroid dienone is 4. The van der Waals surface area contributed by atoms with Crippen molar-refractivity contribution in [3.8, 4) is 0 Å². The summed E-state index contributed by atoms with van der Waals surface area (Å²) in [6, 6.07) is 9.27. The molecule has 1 aromatic carbocycles. The molecule has 2 aliphatic carbocycles. The van der Waals surface area contributed by atoms with Gasteiger partial charge >= 0.3 is 0 Å². The van der Waals surface area contributed by atoms with E-state index < -0.39 is 5.60 Å². The van der Waals surface area contributed by atoms with Crippen molar-refractivity contribution < 1.29 is 5.11 Å². The molecule has 3 rings (SSSR count). The summed E-state index contributed by atoms with van der Waals surface area (Å²) in [5.74, 6) is 0.438. The summed E-state index contributed by atoms with van der Waals surface area (Å²) in [5.41, 5.74) is 5.23. The van der Waals surface area contributed by atoms with Crippen LogP contribution in [0.2, 0.25) is 0 Å². The number of rotatable bonds is 5. The van der Waals surface area contributed by atoms with Gasteiger partial charge in [0.1, 0.15) is 0 Å². The van der Waals surface area contributed by atoms with Gasteiger partial charge in [-0.1, -0.05) is 50.3 Å². The molecule has 25 heavy (non-hydrogen) atoms. The molecule has 3 heteroatoms. The molecule has 0 bridgehead atoms. The molecule has 0 fully saturated rings. The predicted molar refractivity (Wildman–Crippen MR) is 109 cm³/mol. The minimum atomic E-state index is -0.672. The molecule has 2 N–H and O–H groups in total. The summed E-state index contributed by atoms with van der Waals surface area (Å²) in [6.07, 6.45) is 9.95. The van der Waals surface area contributed by atoms with E-state index in [4.69, 9.17) is 0 Å². The summed E-state index contributed by atoms with van der Waals surface area (Å²) in [7, 11) is 0. The van der Waals surface area contributed by atoms with E-state index in [-0.39, 0.29) is 12.4 Å². The number of aliphatic hydroxyl groups is 1. The van der Waals surface area contributed by atoms with Gasteiger partial charge in [-0.15, -0.1) is 12.4 Å². The first-order chi connectivity index (χ1) is 11.5. The lowest BCUT2D eigenvalue weighted by molar-refractivity contribution is 0.0362. The van der Waals surface area contributed by atoms with E-state index in [1.165, 1.54) is 22.3 Å². The molecule has 2 aliphatic rings. The molecule has 2 atom stereocenters. The number of hydrogen-bond donors (Lipinski definition) is 2. The van der Waals surface area contributed by atoms with Crippen molar-refractivity contribution in [1.82, 2.24) is 5.32 Å². The number of hydrogen-bond acceptors (Lipinski definition) is 2. The normalized spacial score (nSPS) is 21.9. The monoisotopic (exact) mass is 361 g/mol. The Bertz CT molecular complexity index is 645. The van der Waals surface area contributed by atoms with Gasteiger partial charge in [0.2, 0.25) is 0 Å². The Morgan fingerprint density at radius 3 is 2.76 bits per heavy atom. The fourth-order valence-corrected chi connectivity index (χ4v) is 4.11. The highest BCUT2D eigenvalue weighted by atomic mass is 35.5. The zero-order valence-electron chi connectivity index (χ0n) is 15.7. The van der Waals surface area contributed by atoms with Crippen molar-refractivity contribution in [2.24, 2.45) is 5.92 Å². The standard InChI is InChI=1S/C22H31NO.ClH/c1-16(2)23-15-22(3,24)14-18-13-12-17-8-4-5-9-19(17)21-11-7-6-10-20(18)21;/h4-6,8-10,16,18,23-24H,7,11-15H2,1-3H3;1H.